The van der Waals surface area contributed by atoms with Crippen LogP contribution in [0.2, 0.25) is 0 Å². The molecule has 0 saturated heterocycles. The number of halogens is 1. The lowest BCUT2D eigenvalue weighted by molar-refractivity contribution is -0.133. The number of hydrogen-bond donors (Lipinski definition) is 1. The third-order valence-electron chi connectivity index (χ3n) is 2.08. The SMILES string of the molecule is O=C(O)CSCCCC(=O)c1ccc(F)cc1. The zero-order valence-corrected chi connectivity index (χ0v) is 10.0. The Balaban J connectivity index is 2.25. The van der Waals surface area contributed by atoms with Crippen LogP contribution in [-0.4, -0.2) is 28.4 Å². The van der Waals surface area contributed by atoms with Crippen molar-refractivity contribution < 1.29 is 19.1 Å². The average Bonchev–Trinajstić information content (AvgIpc) is 2.29. The number of ketones is 1. The predicted molar refractivity (Wildman–Crippen MR) is 64.9 cm³/mol. The topological polar surface area (TPSA) is 54.4 Å². The summed E-state index contributed by atoms with van der Waals surface area (Å²) >= 11 is 1.29. The van der Waals surface area contributed by atoms with E-state index in [1.54, 1.807) is 0 Å². The van der Waals surface area contributed by atoms with Crippen molar-refractivity contribution in [3.05, 3.63) is 35.6 Å². The molecule has 0 radical (unpaired) electrons. The Labute approximate surface area is 103 Å². The number of Topliss-reactive ketones (excluding diaryl/α,β-unsaturated/α-hetero) is 1. The minimum absolute atomic E-state index is 0.0408. The van der Waals surface area contributed by atoms with Crippen LogP contribution in [0, 0.1) is 5.82 Å². The summed E-state index contributed by atoms with van der Waals surface area (Å²) in [5, 5.41) is 8.40. The van der Waals surface area contributed by atoms with Gasteiger partial charge in [-0.15, -0.1) is 0 Å². The van der Waals surface area contributed by atoms with Crippen molar-refractivity contribution in [1.29, 1.82) is 0 Å². The highest BCUT2D eigenvalue weighted by Gasteiger charge is 2.05. The number of aliphatic carboxylic acids is 1. The van der Waals surface area contributed by atoms with E-state index < -0.39 is 5.97 Å². The smallest absolute Gasteiger partial charge is 0.313 e. The monoisotopic (exact) mass is 256 g/mol. The molecule has 0 amide bonds. The van der Waals surface area contributed by atoms with Gasteiger partial charge in [0.2, 0.25) is 0 Å². The number of rotatable bonds is 7. The van der Waals surface area contributed by atoms with E-state index in [2.05, 4.69) is 0 Å². The molecule has 0 aliphatic carbocycles. The fourth-order valence-electron chi connectivity index (χ4n) is 1.27. The second-order valence-electron chi connectivity index (χ2n) is 3.48. The second kappa shape index (κ2) is 7.06. The average molecular weight is 256 g/mol. The van der Waals surface area contributed by atoms with Gasteiger partial charge in [0.15, 0.2) is 5.78 Å². The predicted octanol–water partition coefficient (Wildman–Crippen LogP) is 2.61. The van der Waals surface area contributed by atoms with E-state index >= 15 is 0 Å². The molecular weight excluding hydrogens is 243 g/mol. The zero-order valence-electron chi connectivity index (χ0n) is 9.19. The van der Waals surface area contributed by atoms with E-state index in [1.807, 2.05) is 0 Å². The van der Waals surface area contributed by atoms with E-state index in [4.69, 9.17) is 5.11 Å². The molecule has 0 aromatic heterocycles. The highest BCUT2D eigenvalue weighted by atomic mass is 32.2. The number of benzene rings is 1. The van der Waals surface area contributed by atoms with Crippen LogP contribution in [-0.2, 0) is 4.79 Å². The molecular formula is C12H13FO3S. The summed E-state index contributed by atoms with van der Waals surface area (Å²) in [7, 11) is 0. The second-order valence-corrected chi connectivity index (χ2v) is 4.59. The van der Waals surface area contributed by atoms with Crippen LogP contribution in [0.25, 0.3) is 0 Å². The van der Waals surface area contributed by atoms with Gasteiger partial charge in [-0.1, -0.05) is 0 Å². The number of hydrogen-bond acceptors (Lipinski definition) is 3. The summed E-state index contributed by atoms with van der Waals surface area (Å²) in [5.41, 5.74) is 0.495. The molecule has 0 unspecified atom stereocenters. The summed E-state index contributed by atoms with van der Waals surface area (Å²) in [6.45, 7) is 0. The van der Waals surface area contributed by atoms with Crippen molar-refractivity contribution >= 4 is 23.5 Å². The maximum atomic E-state index is 12.6. The van der Waals surface area contributed by atoms with Crippen molar-refractivity contribution in [1.82, 2.24) is 0 Å². The summed E-state index contributed by atoms with van der Waals surface area (Å²) in [6.07, 6.45) is 0.992. The molecule has 1 N–H and O–H groups in total. The van der Waals surface area contributed by atoms with E-state index in [9.17, 15) is 14.0 Å². The Morgan fingerprint density at radius 2 is 1.88 bits per heavy atom. The standard InChI is InChI=1S/C12H13FO3S/c13-10-5-3-9(4-6-10)11(14)2-1-7-17-8-12(15)16/h3-6H,1-2,7-8H2,(H,15,16). The molecule has 3 nitrogen and oxygen atoms in total. The fourth-order valence-corrected chi connectivity index (χ4v) is 1.94. The van der Waals surface area contributed by atoms with Crippen LogP contribution in [0.1, 0.15) is 23.2 Å². The fraction of sp³-hybridized carbons (Fsp3) is 0.333. The maximum absolute atomic E-state index is 12.6. The Morgan fingerprint density at radius 1 is 1.24 bits per heavy atom. The van der Waals surface area contributed by atoms with Gasteiger partial charge in [0.05, 0.1) is 5.75 Å². The first-order valence-electron chi connectivity index (χ1n) is 5.18. The van der Waals surface area contributed by atoms with E-state index in [0.717, 1.165) is 0 Å². The first-order valence-corrected chi connectivity index (χ1v) is 6.33. The zero-order chi connectivity index (χ0) is 12.7. The summed E-state index contributed by atoms with van der Waals surface area (Å²) < 4.78 is 12.6. The minimum Gasteiger partial charge on any atom is -0.481 e. The summed E-state index contributed by atoms with van der Waals surface area (Å²) in [6, 6.07) is 5.43. The molecule has 17 heavy (non-hydrogen) atoms. The molecule has 1 rings (SSSR count). The molecule has 0 heterocycles. The van der Waals surface area contributed by atoms with Crippen molar-refractivity contribution in [3.63, 3.8) is 0 Å². The largest absolute Gasteiger partial charge is 0.481 e. The molecule has 0 bridgehead atoms. The normalized spacial score (nSPS) is 10.2. The lowest BCUT2D eigenvalue weighted by Gasteiger charge is -2.00. The van der Waals surface area contributed by atoms with Gasteiger partial charge >= 0.3 is 5.97 Å². The summed E-state index contributed by atoms with van der Waals surface area (Å²) in [5.74, 6) is -0.552. The lowest BCUT2D eigenvalue weighted by atomic mass is 10.1. The van der Waals surface area contributed by atoms with Gasteiger partial charge in [-0.05, 0) is 36.4 Å². The maximum Gasteiger partial charge on any atom is 0.313 e. The lowest BCUT2D eigenvalue weighted by Crippen LogP contribution is -2.02. The van der Waals surface area contributed by atoms with Crippen LogP contribution in [0.4, 0.5) is 4.39 Å². The van der Waals surface area contributed by atoms with Crippen molar-refractivity contribution in [2.24, 2.45) is 0 Å². The molecule has 0 spiro atoms. The molecule has 0 aliphatic heterocycles. The highest BCUT2D eigenvalue weighted by Crippen LogP contribution is 2.10. The molecule has 0 aliphatic rings. The van der Waals surface area contributed by atoms with Gasteiger partial charge in [0.25, 0.3) is 0 Å². The van der Waals surface area contributed by atoms with Gasteiger partial charge < -0.3 is 5.11 Å². The van der Waals surface area contributed by atoms with Crippen molar-refractivity contribution in [3.8, 4) is 0 Å². The molecule has 0 fully saturated rings. The number of carboxylic acids is 1. The quantitative estimate of drug-likeness (QED) is 0.602. The molecule has 1 aromatic carbocycles. The number of carboxylic acid groups (broad SMARTS) is 1. The Kier molecular flexibility index (Phi) is 5.69. The number of carbonyl (C=O) groups excluding carboxylic acids is 1. The first kappa shape index (κ1) is 13.7. The van der Waals surface area contributed by atoms with E-state index in [1.165, 1.54) is 36.0 Å². The molecule has 5 heteroatoms. The van der Waals surface area contributed by atoms with Gasteiger partial charge in [-0.25, -0.2) is 4.39 Å². The highest BCUT2D eigenvalue weighted by molar-refractivity contribution is 7.99. The Hall–Kier alpha value is -1.36. The van der Waals surface area contributed by atoms with Crippen LogP contribution in [0.5, 0.6) is 0 Å². The summed E-state index contributed by atoms with van der Waals surface area (Å²) in [4.78, 5) is 21.8. The number of thioether (sulfide) groups is 1. The molecule has 0 atom stereocenters. The molecule has 1 aromatic rings. The van der Waals surface area contributed by atoms with Crippen LogP contribution >= 0.6 is 11.8 Å². The van der Waals surface area contributed by atoms with Gasteiger partial charge in [-0.3, -0.25) is 9.59 Å². The number of carbonyl (C=O) groups is 2. The van der Waals surface area contributed by atoms with Crippen LogP contribution in [0.3, 0.4) is 0 Å². The molecule has 92 valence electrons. The van der Waals surface area contributed by atoms with Crippen LogP contribution < -0.4 is 0 Å². The van der Waals surface area contributed by atoms with Crippen molar-refractivity contribution in [2.75, 3.05) is 11.5 Å². The third-order valence-corrected chi connectivity index (χ3v) is 3.11. The van der Waals surface area contributed by atoms with Gasteiger partial charge in [0.1, 0.15) is 5.82 Å². The van der Waals surface area contributed by atoms with Gasteiger partial charge in [0, 0.05) is 12.0 Å². The van der Waals surface area contributed by atoms with E-state index in [0.29, 0.717) is 24.2 Å². The van der Waals surface area contributed by atoms with Gasteiger partial charge in [-0.2, -0.15) is 11.8 Å². The minimum atomic E-state index is -0.847. The van der Waals surface area contributed by atoms with Crippen LogP contribution in [0.15, 0.2) is 24.3 Å². The van der Waals surface area contributed by atoms with Crippen molar-refractivity contribution in [2.45, 2.75) is 12.8 Å². The Morgan fingerprint density at radius 3 is 2.47 bits per heavy atom. The molecule has 0 saturated carbocycles. The first-order chi connectivity index (χ1) is 8.09. The van der Waals surface area contributed by atoms with E-state index in [-0.39, 0.29) is 17.4 Å². The third kappa shape index (κ3) is 5.49. The Bertz CT molecular complexity index is 389.